The molecule has 0 bridgehead atoms. The van der Waals surface area contributed by atoms with Crippen LogP contribution in [0.1, 0.15) is 20.8 Å². The molecule has 0 spiro atoms. The molecule has 0 aliphatic rings. The summed E-state index contributed by atoms with van der Waals surface area (Å²) in [5.74, 6) is 5.43. The summed E-state index contributed by atoms with van der Waals surface area (Å²) >= 11 is 1.04. The first-order valence-electron chi connectivity index (χ1n) is 10.2. The Hall–Kier alpha value is -2.96. The quantitative estimate of drug-likeness (QED) is 0.348. The number of carbonyl (C=O) groups excluding carboxylic acids is 1. The first-order valence-corrected chi connectivity index (χ1v) is 12.5. The fraction of sp³-hybridized carbons (Fsp3) is 0.286. The van der Waals surface area contributed by atoms with Crippen molar-refractivity contribution in [1.29, 1.82) is 0 Å². The Bertz CT molecular complexity index is 1240. The third kappa shape index (κ3) is 5.34. The largest absolute Gasteiger partial charge is 0.335 e. The Morgan fingerprint density at radius 1 is 1.18 bits per heavy atom. The van der Waals surface area contributed by atoms with Gasteiger partial charge < -0.3 is 11.2 Å². The molecule has 0 aliphatic carbocycles. The molecule has 9 nitrogen and oxygen atoms in total. The zero-order valence-electron chi connectivity index (χ0n) is 18.4. The predicted octanol–water partition coefficient (Wildman–Crippen LogP) is 2.95. The zero-order chi connectivity index (χ0) is 24.2. The maximum absolute atomic E-state index is 13.8. The number of anilines is 1. The van der Waals surface area contributed by atoms with Gasteiger partial charge in [-0.1, -0.05) is 49.9 Å². The van der Waals surface area contributed by atoms with Crippen LogP contribution in [-0.4, -0.2) is 51.8 Å². The van der Waals surface area contributed by atoms with E-state index in [2.05, 4.69) is 15.5 Å². The number of nitrogens with two attached hydrogens (primary N) is 1. The summed E-state index contributed by atoms with van der Waals surface area (Å²) in [6, 6.07) is 12.2. The number of aromatic nitrogens is 3. The number of sulfonamides is 1. The summed E-state index contributed by atoms with van der Waals surface area (Å²) in [6.07, 6.45) is 0. The molecule has 2 aromatic carbocycles. The molecule has 1 unspecified atom stereocenters. The summed E-state index contributed by atoms with van der Waals surface area (Å²) in [6.45, 7) is 5.88. The van der Waals surface area contributed by atoms with Gasteiger partial charge in [-0.25, -0.2) is 17.5 Å². The van der Waals surface area contributed by atoms with Gasteiger partial charge in [-0.05, 0) is 31.2 Å². The topological polar surface area (TPSA) is 123 Å². The minimum absolute atomic E-state index is 0.0797. The first kappa shape index (κ1) is 24.7. The van der Waals surface area contributed by atoms with Crippen molar-refractivity contribution in [1.82, 2.24) is 19.2 Å². The summed E-state index contributed by atoms with van der Waals surface area (Å²) in [5.41, 5.74) is 0.546. The van der Waals surface area contributed by atoms with Gasteiger partial charge in [-0.15, -0.1) is 10.2 Å². The molecule has 0 fully saturated rings. The molecule has 0 aliphatic heterocycles. The average Bonchev–Trinajstić information content (AvgIpc) is 3.16. The zero-order valence-corrected chi connectivity index (χ0v) is 20.0. The van der Waals surface area contributed by atoms with Crippen LogP contribution in [0.4, 0.5) is 10.1 Å². The fourth-order valence-electron chi connectivity index (χ4n) is 3.07. The Balaban J connectivity index is 1.80. The van der Waals surface area contributed by atoms with Crippen LogP contribution in [0.2, 0.25) is 0 Å². The van der Waals surface area contributed by atoms with Gasteiger partial charge >= 0.3 is 0 Å². The molecule has 12 heteroatoms. The van der Waals surface area contributed by atoms with Gasteiger partial charge in [0.15, 0.2) is 5.82 Å². The van der Waals surface area contributed by atoms with Gasteiger partial charge in [-0.3, -0.25) is 4.79 Å². The number of hydrogen-bond donors (Lipinski definition) is 2. The number of para-hydroxylation sites is 1. The van der Waals surface area contributed by atoms with Crippen LogP contribution in [-0.2, 0) is 14.8 Å². The van der Waals surface area contributed by atoms with Gasteiger partial charge in [-0.2, -0.15) is 4.31 Å². The number of nitrogen functional groups attached to an aromatic ring is 1. The highest BCUT2D eigenvalue weighted by Crippen LogP contribution is 2.27. The number of thioether (sulfide) groups is 1. The highest BCUT2D eigenvalue weighted by Gasteiger charge is 2.24. The standard InChI is InChI=1S/C21H25FN6O3S2/c1-4-27(5-2)33(30,31)16-10-8-9-15(13-16)19-25-26-21(28(19)23)32-14(3)20(29)24-18-12-7-6-11-17(18)22/h6-14H,4-5,23H2,1-3H3,(H,24,29). The summed E-state index contributed by atoms with van der Waals surface area (Å²) in [4.78, 5) is 12.6. The maximum atomic E-state index is 13.8. The molecule has 176 valence electrons. The molecule has 0 radical (unpaired) electrons. The number of amides is 1. The third-order valence-electron chi connectivity index (χ3n) is 4.88. The molecule has 1 aromatic heterocycles. The van der Waals surface area contributed by atoms with E-state index in [-0.39, 0.29) is 21.6 Å². The monoisotopic (exact) mass is 492 g/mol. The van der Waals surface area contributed by atoms with E-state index in [4.69, 9.17) is 5.84 Å². The first-order chi connectivity index (χ1) is 15.7. The molecule has 1 amide bonds. The van der Waals surface area contributed by atoms with Crippen LogP contribution in [0.15, 0.2) is 58.6 Å². The maximum Gasteiger partial charge on any atom is 0.243 e. The lowest BCUT2D eigenvalue weighted by atomic mass is 10.2. The minimum Gasteiger partial charge on any atom is -0.335 e. The number of carbonyl (C=O) groups is 1. The van der Waals surface area contributed by atoms with Gasteiger partial charge in [0.25, 0.3) is 0 Å². The lowest BCUT2D eigenvalue weighted by Crippen LogP contribution is -2.30. The molecule has 0 saturated heterocycles. The highest BCUT2D eigenvalue weighted by molar-refractivity contribution is 8.00. The SMILES string of the molecule is CCN(CC)S(=O)(=O)c1cccc(-c2nnc(SC(C)C(=O)Nc3ccccc3F)n2N)c1. The Morgan fingerprint density at radius 2 is 1.88 bits per heavy atom. The number of rotatable bonds is 9. The smallest absolute Gasteiger partial charge is 0.243 e. The molecule has 3 aromatic rings. The fourth-order valence-corrected chi connectivity index (χ4v) is 5.35. The molecular weight excluding hydrogens is 467 g/mol. The lowest BCUT2D eigenvalue weighted by Gasteiger charge is -2.18. The minimum atomic E-state index is -3.65. The van der Waals surface area contributed by atoms with Crippen molar-refractivity contribution in [3.8, 4) is 11.4 Å². The second-order valence-corrected chi connectivity index (χ2v) is 10.3. The van der Waals surface area contributed by atoms with Crippen LogP contribution >= 0.6 is 11.8 Å². The van der Waals surface area contributed by atoms with Gasteiger partial charge in [0.1, 0.15) is 5.82 Å². The van der Waals surface area contributed by atoms with E-state index < -0.39 is 27.0 Å². The Kier molecular flexibility index (Phi) is 7.72. The molecule has 1 atom stereocenters. The van der Waals surface area contributed by atoms with Crippen LogP contribution in [0.25, 0.3) is 11.4 Å². The average molecular weight is 493 g/mol. The van der Waals surface area contributed by atoms with Crippen molar-refractivity contribution in [3.05, 3.63) is 54.3 Å². The van der Waals surface area contributed by atoms with E-state index >= 15 is 0 Å². The number of benzene rings is 2. The van der Waals surface area contributed by atoms with E-state index in [1.54, 1.807) is 39.0 Å². The predicted molar refractivity (Wildman–Crippen MR) is 126 cm³/mol. The molecule has 1 heterocycles. The van der Waals surface area contributed by atoms with Gasteiger partial charge in [0, 0.05) is 18.7 Å². The van der Waals surface area contributed by atoms with E-state index in [9.17, 15) is 17.6 Å². The van der Waals surface area contributed by atoms with Crippen LogP contribution < -0.4 is 11.2 Å². The second-order valence-electron chi connectivity index (χ2n) is 7.02. The molecule has 3 N–H and O–H groups in total. The van der Waals surface area contributed by atoms with E-state index in [0.717, 1.165) is 11.8 Å². The van der Waals surface area contributed by atoms with E-state index in [1.807, 2.05) is 0 Å². The van der Waals surface area contributed by atoms with Crippen molar-refractivity contribution in [3.63, 3.8) is 0 Å². The van der Waals surface area contributed by atoms with Crippen molar-refractivity contribution in [2.75, 3.05) is 24.2 Å². The number of halogens is 1. The number of nitrogens with zero attached hydrogens (tertiary/aromatic N) is 4. The van der Waals surface area contributed by atoms with Gasteiger partial charge in [0.2, 0.25) is 21.1 Å². The Morgan fingerprint density at radius 3 is 2.55 bits per heavy atom. The van der Waals surface area contributed by atoms with Crippen molar-refractivity contribution in [2.24, 2.45) is 0 Å². The van der Waals surface area contributed by atoms with Crippen LogP contribution in [0.3, 0.4) is 0 Å². The normalized spacial score (nSPS) is 12.6. The van der Waals surface area contributed by atoms with Crippen molar-refractivity contribution >= 4 is 33.4 Å². The summed E-state index contributed by atoms with van der Waals surface area (Å²) in [5, 5.41) is 10.2. The van der Waals surface area contributed by atoms with Crippen molar-refractivity contribution in [2.45, 2.75) is 36.1 Å². The molecule has 33 heavy (non-hydrogen) atoms. The summed E-state index contributed by atoms with van der Waals surface area (Å²) < 4.78 is 42.0. The van der Waals surface area contributed by atoms with E-state index in [1.165, 1.54) is 39.3 Å². The highest BCUT2D eigenvalue weighted by atomic mass is 32.2. The second kappa shape index (κ2) is 10.3. The number of nitrogens with one attached hydrogen (secondary N) is 1. The lowest BCUT2D eigenvalue weighted by molar-refractivity contribution is -0.115. The Labute approximate surface area is 196 Å². The molecule has 3 rings (SSSR count). The molecule has 0 saturated carbocycles. The number of hydrogen-bond acceptors (Lipinski definition) is 7. The van der Waals surface area contributed by atoms with E-state index in [0.29, 0.717) is 18.7 Å². The van der Waals surface area contributed by atoms with Gasteiger partial charge in [0.05, 0.1) is 15.8 Å². The van der Waals surface area contributed by atoms with Crippen molar-refractivity contribution < 1.29 is 17.6 Å². The van der Waals surface area contributed by atoms with Crippen LogP contribution in [0, 0.1) is 5.82 Å². The third-order valence-corrected chi connectivity index (χ3v) is 7.99. The van der Waals surface area contributed by atoms with Crippen LogP contribution in [0.5, 0.6) is 0 Å². The summed E-state index contributed by atoms with van der Waals surface area (Å²) in [7, 11) is -3.65. The molecular formula is C21H25FN6O3S2.